The molecular weight excluding hydrogens is 267 g/mol. The molecule has 1 heterocycles. The summed E-state index contributed by atoms with van der Waals surface area (Å²) >= 11 is 0. The second kappa shape index (κ2) is 5.86. The van der Waals surface area contributed by atoms with Gasteiger partial charge in [0.25, 0.3) is 0 Å². The minimum Gasteiger partial charge on any atom is -0.453 e. The van der Waals surface area contributed by atoms with Crippen LogP contribution in [0.15, 0.2) is 51.7 Å². The third-order valence-corrected chi connectivity index (χ3v) is 2.26. The maximum Gasteiger partial charge on any atom is 0.247 e. The van der Waals surface area contributed by atoms with Crippen molar-refractivity contribution in [3.8, 4) is 11.5 Å². The van der Waals surface area contributed by atoms with Gasteiger partial charge in [0, 0.05) is 6.07 Å². The molecule has 0 saturated carbocycles. The Kier molecular flexibility index (Phi) is 4.19. The summed E-state index contributed by atoms with van der Waals surface area (Å²) in [5.74, 6) is 0.529. The lowest BCUT2D eigenvalue weighted by atomic mass is 10.2. The molecule has 19 heavy (non-hydrogen) atoms. The van der Waals surface area contributed by atoms with Crippen LogP contribution < -0.4 is 10.9 Å². The number of rotatable bonds is 0. The van der Waals surface area contributed by atoms with Crippen molar-refractivity contribution < 1.29 is 14.2 Å². The molecule has 98 valence electrons. The highest BCUT2D eigenvalue weighted by Crippen LogP contribution is 2.22. The number of para-hydroxylation sites is 2. The van der Waals surface area contributed by atoms with E-state index in [2.05, 4.69) is 10.5 Å². The molecule has 4 N–H and O–H groups in total. The summed E-state index contributed by atoms with van der Waals surface area (Å²) in [5.41, 5.74) is 6.41. The molecule has 0 fully saturated rings. The van der Waals surface area contributed by atoms with Crippen LogP contribution in [0.1, 0.15) is 0 Å². The van der Waals surface area contributed by atoms with Gasteiger partial charge < -0.3 is 14.2 Å². The molecule has 0 saturated heterocycles. The van der Waals surface area contributed by atoms with E-state index in [1.807, 2.05) is 24.3 Å². The van der Waals surface area contributed by atoms with Gasteiger partial charge in [-0.1, -0.05) is 12.1 Å². The Morgan fingerprint density at radius 2 is 1.84 bits per heavy atom. The average Bonchev–Trinajstić information content (AvgIpc) is 2.35. The number of benzene rings is 2. The Bertz CT molecular complexity index is 711. The Morgan fingerprint density at radius 1 is 1.16 bits per heavy atom. The van der Waals surface area contributed by atoms with Gasteiger partial charge in [0.05, 0.1) is 0 Å². The number of aromatic nitrogens is 1. The van der Waals surface area contributed by atoms with Crippen molar-refractivity contribution in [2.75, 3.05) is 0 Å². The second-order valence-electron chi connectivity index (χ2n) is 3.63. The van der Waals surface area contributed by atoms with E-state index in [-0.39, 0.29) is 5.43 Å². The molecule has 0 bridgehead atoms. The Balaban J connectivity index is 0.000000297. The van der Waals surface area contributed by atoms with Crippen LogP contribution in [-0.4, -0.2) is 14.8 Å². The Hall–Kier alpha value is -1.85. The molecule has 1 aliphatic carbocycles. The van der Waals surface area contributed by atoms with Crippen molar-refractivity contribution in [2.45, 2.75) is 0 Å². The van der Waals surface area contributed by atoms with E-state index in [0.29, 0.717) is 17.0 Å². The van der Waals surface area contributed by atoms with Crippen molar-refractivity contribution in [1.29, 1.82) is 0 Å². The molecule has 1 aromatic carbocycles. The zero-order chi connectivity index (χ0) is 13.8. The van der Waals surface area contributed by atoms with Gasteiger partial charge in [-0.15, -0.1) is 0 Å². The van der Waals surface area contributed by atoms with Crippen molar-refractivity contribution in [2.24, 2.45) is 5.50 Å². The molecule has 7 heteroatoms. The van der Waals surface area contributed by atoms with E-state index in [4.69, 9.17) is 14.2 Å². The largest absolute Gasteiger partial charge is 0.453 e. The zero-order valence-corrected chi connectivity index (χ0v) is 10.6. The molecule has 0 atom stereocenters. The summed E-state index contributed by atoms with van der Waals surface area (Å²) in [6.45, 7) is 0. The molecule has 0 radical (unpaired) electrons. The topological polar surface area (TPSA) is 110 Å². The maximum atomic E-state index is 11.1. The molecular formula is C12H11N2O4P. The van der Waals surface area contributed by atoms with E-state index in [9.17, 15) is 4.79 Å². The molecule has 0 spiro atoms. The number of hydrogen-bond donors (Lipinski definition) is 3. The number of nitrogens with zero attached hydrogens (tertiary/aromatic N) is 1. The normalized spacial score (nSPS) is 10.5. The van der Waals surface area contributed by atoms with Crippen molar-refractivity contribution in [3.05, 3.63) is 52.7 Å². The monoisotopic (exact) mass is 278 g/mol. The van der Waals surface area contributed by atoms with Gasteiger partial charge in [0.2, 0.25) is 8.53 Å². The summed E-state index contributed by atoms with van der Waals surface area (Å²) in [6.07, 6.45) is 0. The third kappa shape index (κ3) is 3.56. The SMILES string of the molecule is NP(O)O.O=c1ccc2nc3ccccc3oc-2c1. The lowest BCUT2D eigenvalue weighted by Crippen LogP contribution is -1.99. The molecule has 2 aliphatic rings. The highest BCUT2D eigenvalue weighted by molar-refractivity contribution is 7.42. The van der Waals surface area contributed by atoms with E-state index >= 15 is 0 Å². The first-order valence-corrected chi connectivity index (χ1v) is 6.60. The number of hydrogen-bond acceptors (Lipinski definition) is 6. The third-order valence-electron chi connectivity index (χ3n) is 2.26. The quantitative estimate of drug-likeness (QED) is 0.424. The van der Waals surface area contributed by atoms with Crippen LogP contribution in [0.5, 0.6) is 0 Å². The minimum atomic E-state index is -2.12. The van der Waals surface area contributed by atoms with Gasteiger partial charge in [0.1, 0.15) is 11.2 Å². The molecule has 1 aromatic rings. The average molecular weight is 278 g/mol. The van der Waals surface area contributed by atoms with Crippen LogP contribution in [-0.2, 0) is 0 Å². The standard InChI is InChI=1S/C12H7NO2.H4NO2P/c14-8-5-6-10-12(7-8)15-11-4-2-1-3-9(11)13-10;1-4(2)3/h1-7H;2-3H,1H2. The van der Waals surface area contributed by atoms with Crippen LogP contribution in [0, 0.1) is 0 Å². The fourth-order valence-electron chi connectivity index (χ4n) is 1.55. The van der Waals surface area contributed by atoms with Crippen LogP contribution in [0.3, 0.4) is 0 Å². The van der Waals surface area contributed by atoms with Crippen LogP contribution in [0.4, 0.5) is 0 Å². The maximum absolute atomic E-state index is 11.1. The Morgan fingerprint density at radius 3 is 2.58 bits per heavy atom. The fraction of sp³-hybridized carbons (Fsp3) is 0. The van der Waals surface area contributed by atoms with Gasteiger partial charge in [-0.2, -0.15) is 0 Å². The van der Waals surface area contributed by atoms with Crippen LogP contribution in [0.25, 0.3) is 22.6 Å². The first-order chi connectivity index (χ1) is 9.06. The van der Waals surface area contributed by atoms with E-state index in [1.54, 1.807) is 6.07 Å². The van der Waals surface area contributed by atoms with Crippen LogP contribution >= 0.6 is 8.53 Å². The lowest BCUT2D eigenvalue weighted by Gasteiger charge is -2.04. The van der Waals surface area contributed by atoms with Gasteiger partial charge >= 0.3 is 0 Å². The molecule has 1 aliphatic heterocycles. The molecule has 0 unspecified atom stereocenters. The highest BCUT2D eigenvalue weighted by Gasteiger charge is 2.07. The van der Waals surface area contributed by atoms with Gasteiger partial charge in [0.15, 0.2) is 16.8 Å². The van der Waals surface area contributed by atoms with E-state index < -0.39 is 8.53 Å². The van der Waals surface area contributed by atoms with Crippen molar-refractivity contribution in [3.63, 3.8) is 0 Å². The fourth-order valence-corrected chi connectivity index (χ4v) is 1.55. The first kappa shape index (κ1) is 13.6. The number of nitrogens with two attached hydrogens (primary N) is 1. The predicted molar refractivity (Wildman–Crippen MR) is 72.4 cm³/mol. The second-order valence-corrected chi connectivity index (χ2v) is 4.27. The van der Waals surface area contributed by atoms with Crippen LogP contribution in [0.2, 0.25) is 0 Å². The minimum absolute atomic E-state index is 0.0664. The Labute approximate surface area is 109 Å². The summed E-state index contributed by atoms with van der Waals surface area (Å²) < 4.78 is 5.56. The molecule has 0 aromatic heterocycles. The summed E-state index contributed by atoms with van der Waals surface area (Å²) in [6, 6.07) is 12.1. The van der Waals surface area contributed by atoms with Gasteiger partial charge in [-0.25, -0.2) is 4.98 Å². The first-order valence-electron chi connectivity index (χ1n) is 5.28. The zero-order valence-electron chi connectivity index (χ0n) is 9.72. The molecule has 6 nitrogen and oxygen atoms in total. The van der Waals surface area contributed by atoms with E-state index in [1.165, 1.54) is 12.1 Å². The van der Waals surface area contributed by atoms with Crippen molar-refractivity contribution in [1.82, 2.24) is 4.98 Å². The molecule has 3 rings (SSSR count). The van der Waals surface area contributed by atoms with Crippen molar-refractivity contribution >= 4 is 19.6 Å². The van der Waals surface area contributed by atoms with E-state index in [0.717, 1.165) is 5.52 Å². The highest BCUT2D eigenvalue weighted by atomic mass is 31.2. The number of fused-ring (bicyclic) bond motifs is 2. The summed E-state index contributed by atoms with van der Waals surface area (Å²) in [7, 11) is -2.12. The lowest BCUT2D eigenvalue weighted by molar-refractivity contribution is 0.485. The van der Waals surface area contributed by atoms with Gasteiger partial charge in [-0.3, -0.25) is 10.3 Å². The smallest absolute Gasteiger partial charge is 0.247 e. The van der Waals surface area contributed by atoms with Gasteiger partial charge in [-0.05, 0) is 24.3 Å². The summed E-state index contributed by atoms with van der Waals surface area (Å²) in [5, 5.41) is 0. The molecule has 0 amide bonds. The summed E-state index contributed by atoms with van der Waals surface area (Å²) in [4.78, 5) is 30.4. The predicted octanol–water partition coefficient (Wildman–Crippen LogP) is 1.45.